The number of hydrogen-bond acceptors (Lipinski definition) is 1. The number of benzene rings is 1. The molecule has 2 aliphatic rings. The first kappa shape index (κ1) is 7.86. The Labute approximate surface area is 83.7 Å². The molecule has 1 heterocycles. The molecule has 1 nitrogen and oxygen atoms in total. The van der Waals surface area contributed by atoms with E-state index in [0.717, 1.165) is 5.75 Å². The van der Waals surface area contributed by atoms with Crippen LogP contribution < -0.4 is 4.74 Å². The summed E-state index contributed by atoms with van der Waals surface area (Å²) >= 11 is 0. The van der Waals surface area contributed by atoms with Crippen molar-refractivity contribution >= 4 is 0 Å². The van der Waals surface area contributed by atoms with Crippen LogP contribution in [-0.4, -0.2) is 6.10 Å². The summed E-state index contributed by atoms with van der Waals surface area (Å²) in [4.78, 5) is 0. The van der Waals surface area contributed by atoms with Crippen LogP contribution in [0.2, 0.25) is 0 Å². The van der Waals surface area contributed by atoms with Crippen molar-refractivity contribution in [2.75, 3.05) is 0 Å². The molecule has 1 aromatic rings. The van der Waals surface area contributed by atoms with Crippen molar-refractivity contribution in [1.82, 2.24) is 0 Å². The normalized spacial score (nSPS) is 27.6. The van der Waals surface area contributed by atoms with Gasteiger partial charge >= 0.3 is 0 Å². The highest BCUT2D eigenvalue weighted by molar-refractivity contribution is 5.47. The van der Waals surface area contributed by atoms with Crippen LogP contribution >= 0.6 is 0 Å². The monoisotopic (exact) mass is 184 g/mol. The third-order valence-electron chi connectivity index (χ3n) is 2.89. The Kier molecular flexibility index (Phi) is 1.54. The van der Waals surface area contributed by atoms with Gasteiger partial charge in [0, 0.05) is 11.5 Å². The van der Waals surface area contributed by atoms with E-state index in [1.807, 2.05) is 12.1 Å². The maximum Gasteiger partial charge on any atom is 0.128 e. The van der Waals surface area contributed by atoms with Crippen molar-refractivity contribution in [3.63, 3.8) is 0 Å². The van der Waals surface area contributed by atoms with Gasteiger partial charge in [-0.2, -0.15) is 0 Å². The summed E-state index contributed by atoms with van der Waals surface area (Å²) in [6.07, 6.45) is 6.83. The molecule has 14 heavy (non-hydrogen) atoms. The Morgan fingerprint density at radius 3 is 3.00 bits per heavy atom. The van der Waals surface area contributed by atoms with Crippen LogP contribution in [0.1, 0.15) is 18.4 Å². The average molecular weight is 184 g/mol. The average Bonchev–Trinajstić information content (AvgIpc) is 2.54. The summed E-state index contributed by atoms with van der Waals surface area (Å²) < 4.78 is 5.85. The van der Waals surface area contributed by atoms with Gasteiger partial charge < -0.3 is 4.74 Å². The number of rotatable bonds is 0. The van der Waals surface area contributed by atoms with E-state index in [1.165, 1.54) is 11.1 Å². The molecule has 0 spiro atoms. The fourth-order valence-electron chi connectivity index (χ4n) is 2.18. The van der Waals surface area contributed by atoms with Crippen molar-refractivity contribution in [2.24, 2.45) is 0 Å². The van der Waals surface area contributed by atoms with E-state index in [0.29, 0.717) is 5.92 Å². The molecule has 0 saturated carbocycles. The molecule has 0 N–H and O–H groups in total. The first-order valence-electron chi connectivity index (χ1n) is 4.97. The first-order chi connectivity index (χ1) is 6.84. The molecule has 2 atom stereocenters. The Balaban J connectivity index is 2.08. The van der Waals surface area contributed by atoms with E-state index < -0.39 is 0 Å². The van der Waals surface area contributed by atoms with Gasteiger partial charge in [0.15, 0.2) is 0 Å². The summed E-state index contributed by atoms with van der Waals surface area (Å²) in [7, 11) is 0. The second-order valence-electron chi connectivity index (χ2n) is 3.92. The van der Waals surface area contributed by atoms with Gasteiger partial charge in [0.2, 0.25) is 0 Å². The summed E-state index contributed by atoms with van der Waals surface area (Å²) in [5.74, 6) is 1.47. The highest BCUT2D eigenvalue weighted by Crippen LogP contribution is 2.41. The molecule has 0 fully saturated rings. The van der Waals surface area contributed by atoms with Crippen LogP contribution in [0.15, 0.2) is 48.1 Å². The van der Waals surface area contributed by atoms with Crippen LogP contribution in [0.5, 0.6) is 5.75 Å². The van der Waals surface area contributed by atoms with E-state index in [4.69, 9.17) is 4.74 Å². The van der Waals surface area contributed by atoms with Crippen molar-refractivity contribution in [3.05, 3.63) is 53.6 Å². The summed E-state index contributed by atoms with van der Waals surface area (Å²) in [6, 6.07) is 8.30. The summed E-state index contributed by atoms with van der Waals surface area (Å²) in [5, 5.41) is 0. The van der Waals surface area contributed by atoms with Gasteiger partial charge in [-0.05, 0) is 19.1 Å². The molecule has 0 amide bonds. The van der Waals surface area contributed by atoms with Gasteiger partial charge in [0.1, 0.15) is 11.9 Å². The third kappa shape index (κ3) is 1.02. The minimum absolute atomic E-state index is 0.220. The predicted molar refractivity (Wildman–Crippen MR) is 56.5 cm³/mol. The van der Waals surface area contributed by atoms with Gasteiger partial charge in [-0.3, -0.25) is 0 Å². The second-order valence-corrected chi connectivity index (χ2v) is 3.92. The summed E-state index contributed by atoms with van der Waals surface area (Å²) in [6.45, 7) is 2.11. The molecule has 1 aromatic carbocycles. The molecular weight excluding hydrogens is 172 g/mol. The SMILES string of the molecule is CC1=CC2Oc3ccccc3C2C=C1. The molecule has 0 saturated heterocycles. The number of para-hydroxylation sites is 1. The quantitative estimate of drug-likeness (QED) is 0.602. The van der Waals surface area contributed by atoms with Crippen molar-refractivity contribution in [1.29, 1.82) is 0 Å². The standard InChI is InChI=1S/C13H12O/c1-9-6-7-11-10-4-2-3-5-12(10)14-13(11)8-9/h2-8,11,13H,1H3. The second kappa shape index (κ2) is 2.74. The van der Waals surface area contributed by atoms with Gasteiger partial charge in [-0.25, -0.2) is 0 Å². The zero-order valence-electron chi connectivity index (χ0n) is 8.10. The van der Waals surface area contributed by atoms with Crippen LogP contribution in [0.25, 0.3) is 0 Å². The Morgan fingerprint density at radius 2 is 2.07 bits per heavy atom. The fraction of sp³-hybridized carbons (Fsp3) is 0.231. The minimum atomic E-state index is 0.220. The Bertz CT molecular complexity index is 429. The molecule has 1 aliphatic heterocycles. The Morgan fingerprint density at radius 1 is 1.21 bits per heavy atom. The smallest absolute Gasteiger partial charge is 0.128 e. The van der Waals surface area contributed by atoms with Crippen LogP contribution in [-0.2, 0) is 0 Å². The maximum atomic E-state index is 5.85. The zero-order chi connectivity index (χ0) is 9.54. The van der Waals surface area contributed by atoms with Gasteiger partial charge in [0.05, 0.1) is 0 Å². The van der Waals surface area contributed by atoms with Gasteiger partial charge in [-0.15, -0.1) is 0 Å². The lowest BCUT2D eigenvalue weighted by molar-refractivity contribution is 0.268. The number of allylic oxidation sites excluding steroid dienone is 2. The first-order valence-corrected chi connectivity index (χ1v) is 4.97. The fourth-order valence-corrected chi connectivity index (χ4v) is 2.18. The number of ether oxygens (including phenoxy) is 1. The van der Waals surface area contributed by atoms with Crippen molar-refractivity contribution < 1.29 is 4.74 Å². The summed E-state index contributed by atoms with van der Waals surface area (Å²) in [5.41, 5.74) is 2.61. The van der Waals surface area contributed by atoms with Crippen LogP contribution in [0.3, 0.4) is 0 Å². The molecule has 1 heteroatoms. The molecule has 0 radical (unpaired) electrons. The molecule has 0 aromatic heterocycles. The van der Waals surface area contributed by atoms with E-state index in [2.05, 4.69) is 37.3 Å². The lowest BCUT2D eigenvalue weighted by atomic mass is 9.90. The predicted octanol–water partition coefficient (Wildman–Crippen LogP) is 3.05. The highest BCUT2D eigenvalue weighted by Gasteiger charge is 2.31. The van der Waals surface area contributed by atoms with Crippen molar-refractivity contribution in [2.45, 2.75) is 18.9 Å². The lowest BCUT2D eigenvalue weighted by Crippen LogP contribution is -2.16. The largest absolute Gasteiger partial charge is 0.485 e. The number of fused-ring (bicyclic) bond motifs is 3. The minimum Gasteiger partial charge on any atom is -0.485 e. The molecule has 1 aliphatic carbocycles. The topological polar surface area (TPSA) is 9.23 Å². The van der Waals surface area contributed by atoms with E-state index in [9.17, 15) is 0 Å². The van der Waals surface area contributed by atoms with Gasteiger partial charge in [0.25, 0.3) is 0 Å². The lowest BCUT2D eigenvalue weighted by Gasteiger charge is -2.16. The molecule has 3 rings (SSSR count). The zero-order valence-corrected chi connectivity index (χ0v) is 8.10. The third-order valence-corrected chi connectivity index (χ3v) is 2.89. The van der Waals surface area contributed by atoms with Crippen molar-refractivity contribution in [3.8, 4) is 5.75 Å². The van der Waals surface area contributed by atoms with Gasteiger partial charge in [-0.1, -0.05) is 35.9 Å². The number of hydrogen-bond donors (Lipinski definition) is 0. The Hall–Kier alpha value is -1.50. The molecular formula is C13H12O. The molecule has 2 unspecified atom stereocenters. The molecule has 0 bridgehead atoms. The maximum absolute atomic E-state index is 5.85. The van der Waals surface area contributed by atoms with Crippen LogP contribution in [0.4, 0.5) is 0 Å². The highest BCUT2D eigenvalue weighted by atomic mass is 16.5. The van der Waals surface area contributed by atoms with Crippen LogP contribution in [0, 0.1) is 0 Å². The van der Waals surface area contributed by atoms with E-state index in [-0.39, 0.29) is 6.10 Å². The molecule has 70 valence electrons. The van der Waals surface area contributed by atoms with E-state index >= 15 is 0 Å². The van der Waals surface area contributed by atoms with E-state index in [1.54, 1.807) is 0 Å².